The van der Waals surface area contributed by atoms with Gasteiger partial charge >= 0.3 is 5.97 Å². The molecular weight excluding hydrogens is 266 g/mol. The van der Waals surface area contributed by atoms with Gasteiger partial charge < -0.3 is 10.0 Å². The normalized spacial score (nSPS) is 14.2. The fourth-order valence-electron chi connectivity index (χ4n) is 2.22. The van der Waals surface area contributed by atoms with Crippen molar-refractivity contribution in [1.82, 2.24) is 15.1 Å². The SMILES string of the molecule is O=C(O)c1n[nH]c2c1CCN(C(=O)c1cccs1)C2. The number of hydrogen-bond acceptors (Lipinski definition) is 4. The predicted octanol–water partition coefficient (Wildman–Crippen LogP) is 1.37. The molecule has 0 radical (unpaired) electrons. The van der Waals surface area contributed by atoms with E-state index in [1.165, 1.54) is 11.3 Å². The zero-order valence-electron chi connectivity index (χ0n) is 9.92. The molecule has 2 aromatic rings. The number of aromatic nitrogens is 2. The Bertz CT molecular complexity index is 633. The van der Waals surface area contributed by atoms with Gasteiger partial charge in [0.05, 0.1) is 17.1 Å². The molecule has 1 amide bonds. The van der Waals surface area contributed by atoms with Crippen LogP contribution in [-0.2, 0) is 13.0 Å². The third kappa shape index (κ3) is 2.01. The summed E-state index contributed by atoms with van der Waals surface area (Å²) in [5, 5.41) is 17.4. The van der Waals surface area contributed by atoms with Crippen molar-refractivity contribution < 1.29 is 14.7 Å². The molecule has 3 heterocycles. The first-order valence-corrected chi connectivity index (χ1v) is 6.67. The molecule has 1 aliphatic rings. The van der Waals surface area contributed by atoms with E-state index in [1.807, 2.05) is 11.4 Å². The predicted molar refractivity (Wildman–Crippen MR) is 68.3 cm³/mol. The molecule has 1 aliphatic heterocycles. The van der Waals surface area contributed by atoms with Crippen LogP contribution < -0.4 is 0 Å². The number of aromatic carboxylic acids is 1. The van der Waals surface area contributed by atoms with Crippen molar-refractivity contribution in [2.45, 2.75) is 13.0 Å². The first-order chi connectivity index (χ1) is 9.16. The summed E-state index contributed by atoms with van der Waals surface area (Å²) in [6, 6.07) is 3.63. The van der Waals surface area contributed by atoms with Crippen molar-refractivity contribution in [3.8, 4) is 0 Å². The average molecular weight is 277 g/mol. The van der Waals surface area contributed by atoms with Crippen LogP contribution in [0.3, 0.4) is 0 Å². The van der Waals surface area contributed by atoms with Crippen LogP contribution in [-0.4, -0.2) is 38.6 Å². The number of thiophene rings is 1. The van der Waals surface area contributed by atoms with Gasteiger partial charge in [-0.3, -0.25) is 9.89 Å². The van der Waals surface area contributed by atoms with Crippen molar-refractivity contribution in [2.75, 3.05) is 6.54 Å². The first-order valence-electron chi connectivity index (χ1n) is 5.79. The quantitative estimate of drug-likeness (QED) is 0.868. The van der Waals surface area contributed by atoms with Crippen LogP contribution >= 0.6 is 11.3 Å². The van der Waals surface area contributed by atoms with E-state index < -0.39 is 5.97 Å². The number of aromatic amines is 1. The van der Waals surface area contributed by atoms with Crippen molar-refractivity contribution in [1.29, 1.82) is 0 Å². The summed E-state index contributed by atoms with van der Waals surface area (Å²) in [6.07, 6.45) is 0.518. The Labute approximate surface area is 112 Å². The Morgan fingerprint density at radius 3 is 3.00 bits per heavy atom. The highest BCUT2D eigenvalue weighted by Gasteiger charge is 2.27. The molecule has 0 unspecified atom stereocenters. The Morgan fingerprint density at radius 1 is 1.47 bits per heavy atom. The Kier molecular flexibility index (Phi) is 2.83. The van der Waals surface area contributed by atoms with Gasteiger partial charge in [-0.05, 0) is 17.9 Å². The number of carbonyl (C=O) groups excluding carboxylic acids is 1. The van der Waals surface area contributed by atoms with Crippen molar-refractivity contribution in [3.63, 3.8) is 0 Å². The minimum Gasteiger partial charge on any atom is -0.476 e. The molecule has 0 spiro atoms. The van der Waals surface area contributed by atoms with Crippen molar-refractivity contribution in [3.05, 3.63) is 39.3 Å². The van der Waals surface area contributed by atoms with Gasteiger partial charge in [0, 0.05) is 12.1 Å². The molecule has 2 N–H and O–H groups in total. The number of nitrogens with one attached hydrogen (secondary N) is 1. The molecule has 0 saturated heterocycles. The molecular formula is C12H11N3O3S. The second-order valence-electron chi connectivity index (χ2n) is 4.29. The zero-order chi connectivity index (χ0) is 13.4. The average Bonchev–Trinajstić information content (AvgIpc) is 3.06. The van der Waals surface area contributed by atoms with E-state index in [0.717, 1.165) is 0 Å². The third-order valence-electron chi connectivity index (χ3n) is 3.16. The summed E-state index contributed by atoms with van der Waals surface area (Å²) in [5.74, 6) is -1.05. The number of carboxylic acid groups (broad SMARTS) is 1. The topological polar surface area (TPSA) is 86.3 Å². The van der Waals surface area contributed by atoms with E-state index in [0.29, 0.717) is 35.6 Å². The maximum Gasteiger partial charge on any atom is 0.356 e. The highest BCUT2D eigenvalue weighted by atomic mass is 32.1. The third-order valence-corrected chi connectivity index (χ3v) is 4.01. The monoisotopic (exact) mass is 277 g/mol. The molecule has 7 heteroatoms. The van der Waals surface area contributed by atoms with Gasteiger partial charge in [-0.1, -0.05) is 6.07 Å². The lowest BCUT2D eigenvalue weighted by Gasteiger charge is -2.26. The van der Waals surface area contributed by atoms with Crippen molar-refractivity contribution >= 4 is 23.2 Å². The van der Waals surface area contributed by atoms with E-state index in [9.17, 15) is 9.59 Å². The zero-order valence-corrected chi connectivity index (χ0v) is 10.7. The molecule has 0 aliphatic carbocycles. The summed E-state index contributed by atoms with van der Waals surface area (Å²) in [7, 11) is 0. The number of amides is 1. The van der Waals surface area contributed by atoms with Gasteiger partial charge in [-0.15, -0.1) is 11.3 Å². The lowest BCUT2D eigenvalue weighted by Crippen LogP contribution is -2.35. The number of hydrogen-bond donors (Lipinski definition) is 2. The molecule has 0 atom stereocenters. The molecule has 0 aromatic carbocycles. The second kappa shape index (κ2) is 4.51. The molecule has 0 saturated carbocycles. The smallest absolute Gasteiger partial charge is 0.356 e. The van der Waals surface area contributed by atoms with Gasteiger partial charge in [0.2, 0.25) is 0 Å². The molecule has 0 fully saturated rings. The number of fused-ring (bicyclic) bond motifs is 1. The van der Waals surface area contributed by atoms with E-state index in [1.54, 1.807) is 11.0 Å². The van der Waals surface area contributed by atoms with E-state index in [4.69, 9.17) is 5.11 Å². The minimum atomic E-state index is -1.03. The Morgan fingerprint density at radius 2 is 2.32 bits per heavy atom. The number of rotatable bonds is 2. The van der Waals surface area contributed by atoms with Gasteiger partial charge in [-0.25, -0.2) is 4.79 Å². The summed E-state index contributed by atoms with van der Waals surface area (Å²) in [6.45, 7) is 0.899. The second-order valence-corrected chi connectivity index (χ2v) is 5.24. The number of carboxylic acids is 1. The highest BCUT2D eigenvalue weighted by molar-refractivity contribution is 7.12. The van der Waals surface area contributed by atoms with Gasteiger partial charge in [0.1, 0.15) is 0 Å². The van der Waals surface area contributed by atoms with E-state index in [-0.39, 0.29) is 11.6 Å². The number of H-pyrrole nitrogens is 1. The minimum absolute atomic E-state index is 0.0212. The molecule has 3 rings (SSSR count). The molecule has 6 nitrogen and oxygen atoms in total. The summed E-state index contributed by atoms with van der Waals surface area (Å²) in [4.78, 5) is 25.6. The molecule has 0 bridgehead atoms. The number of carbonyl (C=O) groups is 2. The van der Waals surface area contributed by atoms with Crippen LogP contribution in [0.4, 0.5) is 0 Å². The van der Waals surface area contributed by atoms with E-state index in [2.05, 4.69) is 10.2 Å². The molecule has 2 aromatic heterocycles. The van der Waals surface area contributed by atoms with Crippen LogP contribution in [0.15, 0.2) is 17.5 Å². The summed E-state index contributed by atoms with van der Waals surface area (Å²) >= 11 is 1.40. The Hall–Kier alpha value is -2.15. The fourth-order valence-corrected chi connectivity index (χ4v) is 2.92. The molecule has 98 valence electrons. The fraction of sp³-hybridized carbons (Fsp3) is 0.250. The summed E-state index contributed by atoms with van der Waals surface area (Å²) < 4.78 is 0. The van der Waals surface area contributed by atoms with E-state index >= 15 is 0 Å². The molecule has 19 heavy (non-hydrogen) atoms. The van der Waals surface area contributed by atoms with Crippen LogP contribution in [0.1, 0.15) is 31.4 Å². The maximum absolute atomic E-state index is 12.2. The van der Waals surface area contributed by atoms with Crippen LogP contribution in [0.5, 0.6) is 0 Å². The van der Waals surface area contributed by atoms with Crippen LogP contribution in [0.25, 0.3) is 0 Å². The largest absolute Gasteiger partial charge is 0.476 e. The Balaban J connectivity index is 1.83. The van der Waals surface area contributed by atoms with Crippen molar-refractivity contribution in [2.24, 2.45) is 0 Å². The van der Waals surface area contributed by atoms with Gasteiger partial charge in [0.25, 0.3) is 5.91 Å². The number of nitrogens with zero attached hydrogens (tertiary/aromatic N) is 2. The lowest BCUT2D eigenvalue weighted by molar-refractivity contribution is 0.0689. The first kappa shape index (κ1) is 11.9. The standard InChI is InChI=1S/C12H11N3O3S/c16-11(9-2-1-5-19-9)15-4-3-7-8(6-15)13-14-10(7)12(17)18/h1-2,5H,3-4,6H2,(H,13,14)(H,17,18). The van der Waals surface area contributed by atoms with Gasteiger partial charge in [0.15, 0.2) is 5.69 Å². The van der Waals surface area contributed by atoms with Crippen LogP contribution in [0.2, 0.25) is 0 Å². The lowest BCUT2D eigenvalue weighted by atomic mass is 10.0. The summed E-state index contributed by atoms with van der Waals surface area (Å²) in [5.41, 5.74) is 1.49. The maximum atomic E-state index is 12.2. The highest BCUT2D eigenvalue weighted by Crippen LogP contribution is 2.22. The van der Waals surface area contributed by atoms with Gasteiger partial charge in [-0.2, -0.15) is 5.10 Å². The van der Waals surface area contributed by atoms with Crippen LogP contribution in [0, 0.1) is 0 Å².